The van der Waals surface area contributed by atoms with Crippen LogP contribution in [0.4, 0.5) is 4.39 Å². The lowest BCUT2D eigenvalue weighted by Crippen LogP contribution is -1.96. The number of aliphatic carboxylic acids is 1. The minimum Gasteiger partial charge on any atom is -0.481 e. The first-order valence-corrected chi connectivity index (χ1v) is 3.14. The van der Waals surface area contributed by atoms with E-state index < -0.39 is 12.0 Å². The molecule has 1 rings (SSSR count). The minimum absolute atomic E-state index is 0.0348. The third-order valence-electron chi connectivity index (χ3n) is 1.21. The molecule has 0 aromatic carbocycles. The second-order valence-electron chi connectivity index (χ2n) is 2.10. The van der Waals surface area contributed by atoms with Gasteiger partial charge in [0.2, 0.25) is 0 Å². The van der Waals surface area contributed by atoms with Crippen molar-refractivity contribution in [3.63, 3.8) is 0 Å². The first-order valence-electron chi connectivity index (χ1n) is 3.14. The van der Waals surface area contributed by atoms with Gasteiger partial charge in [0.25, 0.3) is 6.01 Å². The smallest absolute Gasteiger partial charge is 0.303 e. The maximum absolute atomic E-state index is 12.1. The molecule has 0 bridgehead atoms. The Hall–Kier alpha value is -1.32. The summed E-state index contributed by atoms with van der Waals surface area (Å²) in [7, 11) is 0. The number of hydrogen-bond donors (Lipinski definition) is 1. The zero-order valence-corrected chi connectivity index (χ0v) is 5.71. The lowest BCUT2D eigenvalue weighted by Gasteiger charge is -1.89. The topological polar surface area (TPSA) is 50.4 Å². The summed E-state index contributed by atoms with van der Waals surface area (Å²) in [5, 5.41) is 8.25. The number of furan rings is 1. The summed E-state index contributed by atoms with van der Waals surface area (Å²) >= 11 is 0. The molecule has 11 heavy (non-hydrogen) atoms. The second kappa shape index (κ2) is 3.18. The van der Waals surface area contributed by atoms with Crippen LogP contribution in [-0.4, -0.2) is 11.1 Å². The summed E-state index contributed by atoms with van der Waals surface area (Å²) in [6.45, 7) is 0. The Kier molecular flexibility index (Phi) is 2.25. The first kappa shape index (κ1) is 7.78. The number of carboxylic acids is 1. The zero-order chi connectivity index (χ0) is 8.27. The lowest BCUT2D eigenvalue weighted by atomic mass is 10.2. The van der Waals surface area contributed by atoms with E-state index in [1.165, 1.54) is 6.07 Å². The van der Waals surface area contributed by atoms with Gasteiger partial charge in [0.1, 0.15) is 5.76 Å². The summed E-state index contributed by atoms with van der Waals surface area (Å²) in [5.74, 6) is -0.549. The van der Waals surface area contributed by atoms with Crippen LogP contribution in [0.5, 0.6) is 0 Å². The van der Waals surface area contributed by atoms with E-state index in [1.54, 1.807) is 0 Å². The first-order chi connectivity index (χ1) is 5.18. The predicted octanol–water partition coefficient (Wildman–Crippen LogP) is 1.44. The minimum atomic E-state index is -0.915. The monoisotopic (exact) mass is 158 g/mol. The second-order valence-corrected chi connectivity index (χ2v) is 2.10. The summed E-state index contributed by atoms with van der Waals surface area (Å²) in [4.78, 5) is 10.0. The lowest BCUT2D eigenvalue weighted by molar-refractivity contribution is -0.137. The van der Waals surface area contributed by atoms with Crippen LogP contribution in [0.3, 0.4) is 0 Å². The van der Waals surface area contributed by atoms with Gasteiger partial charge >= 0.3 is 5.97 Å². The molecule has 0 saturated carbocycles. The fraction of sp³-hybridized carbons (Fsp3) is 0.286. The van der Waals surface area contributed by atoms with Crippen molar-refractivity contribution in [3.05, 3.63) is 23.9 Å². The maximum atomic E-state index is 12.1. The van der Waals surface area contributed by atoms with E-state index in [4.69, 9.17) is 5.11 Å². The normalized spacial score (nSPS) is 9.91. The molecule has 0 saturated heterocycles. The van der Waals surface area contributed by atoms with Gasteiger partial charge in [-0.1, -0.05) is 0 Å². The summed E-state index contributed by atoms with van der Waals surface area (Å²) < 4.78 is 16.6. The van der Waals surface area contributed by atoms with Gasteiger partial charge in [-0.05, 0) is 6.07 Å². The number of aryl methyl sites for hydroxylation is 1. The number of halogens is 1. The van der Waals surface area contributed by atoms with Crippen LogP contribution in [0.25, 0.3) is 0 Å². The highest BCUT2D eigenvalue weighted by molar-refractivity contribution is 5.66. The molecular formula is C7H7FO3. The Morgan fingerprint density at radius 2 is 2.36 bits per heavy atom. The van der Waals surface area contributed by atoms with Gasteiger partial charge in [-0.3, -0.25) is 4.79 Å². The van der Waals surface area contributed by atoms with Crippen LogP contribution in [0.2, 0.25) is 0 Å². The standard InChI is InChI=1S/C7H7FO3/c8-6-3-1-5(11-6)2-4-7(9)10/h1,3H,2,4H2,(H,9,10). The molecule has 0 atom stereocenters. The SMILES string of the molecule is O=C(O)CCc1ccc(F)o1. The van der Waals surface area contributed by atoms with E-state index in [-0.39, 0.29) is 12.8 Å². The van der Waals surface area contributed by atoms with Gasteiger partial charge in [-0.25, -0.2) is 0 Å². The van der Waals surface area contributed by atoms with Crippen molar-refractivity contribution >= 4 is 5.97 Å². The van der Waals surface area contributed by atoms with Crippen molar-refractivity contribution in [1.82, 2.24) is 0 Å². The third kappa shape index (κ3) is 2.41. The van der Waals surface area contributed by atoms with Crippen molar-refractivity contribution in [3.8, 4) is 0 Å². The fourth-order valence-electron chi connectivity index (χ4n) is 0.716. The molecular weight excluding hydrogens is 151 g/mol. The average molecular weight is 158 g/mol. The molecule has 1 heterocycles. The molecule has 0 spiro atoms. The summed E-state index contributed by atoms with van der Waals surface area (Å²) in [6, 6.07) is 1.92. The number of carbonyl (C=O) groups is 1. The zero-order valence-electron chi connectivity index (χ0n) is 5.71. The molecule has 60 valence electrons. The summed E-state index contributed by atoms with van der Waals surface area (Å²) in [6.07, 6.45) is 0.201. The van der Waals surface area contributed by atoms with E-state index >= 15 is 0 Å². The maximum Gasteiger partial charge on any atom is 0.303 e. The Balaban J connectivity index is 2.45. The molecule has 1 aromatic rings. The molecule has 0 radical (unpaired) electrons. The van der Waals surface area contributed by atoms with Gasteiger partial charge in [0, 0.05) is 12.5 Å². The third-order valence-corrected chi connectivity index (χ3v) is 1.21. The number of rotatable bonds is 3. The molecule has 0 aliphatic rings. The van der Waals surface area contributed by atoms with Crippen LogP contribution in [-0.2, 0) is 11.2 Å². The van der Waals surface area contributed by atoms with Crippen LogP contribution < -0.4 is 0 Å². The summed E-state index contributed by atoms with van der Waals surface area (Å²) in [5.41, 5.74) is 0. The number of carboxylic acid groups (broad SMARTS) is 1. The molecule has 1 N–H and O–H groups in total. The molecule has 4 heteroatoms. The van der Waals surface area contributed by atoms with Crippen LogP contribution in [0.15, 0.2) is 16.5 Å². The van der Waals surface area contributed by atoms with Gasteiger partial charge in [0.05, 0.1) is 6.42 Å². The molecule has 3 nitrogen and oxygen atoms in total. The Morgan fingerprint density at radius 3 is 2.82 bits per heavy atom. The van der Waals surface area contributed by atoms with Crippen molar-refractivity contribution in [1.29, 1.82) is 0 Å². The van der Waals surface area contributed by atoms with Crippen molar-refractivity contribution < 1.29 is 18.7 Å². The van der Waals surface area contributed by atoms with Gasteiger partial charge < -0.3 is 9.52 Å². The van der Waals surface area contributed by atoms with Crippen LogP contribution >= 0.6 is 0 Å². The van der Waals surface area contributed by atoms with Gasteiger partial charge in [-0.2, -0.15) is 4.39 Å². The Morgan fingerprint density at radius 1 is 1.64 bits per heavy atom. The van der Waals surface area contributed by atoms with Crippen molar-refractivity contribution in [2.24, 2.45) is 0 Å². The van der Waals surface area contributed by atoms with Crippen LogP contribution in [0.1, 0.15) is 12.2 Å². The van der Waals surface area contributed by atoms with Crippen LogP contribution in [0, 0.1) is 6.01 Å². The van der Waals surface area contributed by atoms with E-state index in [0.29, 0.717) is 5.76 Å². The fourth-order valence-corrected chi connectivity index (χ4v) is 0.716. The average Bonchev–Trinajstić information content (AvgIpc) is 2.31. The van der Waals surface area contributed by atoms with Gasteiger partial charge in [0.15, 0.2) is 0 Å². The Bertz CT molecular complexity index is 254. The highest BCUT2D eigenvalue weighted by atomic mass is 19.1. The highest BCUT2D eigenvalue weighted by Crippen LogP contribution is 2.07. The molecule has 0 amide bonds. The van der Waals surface area contributed by atoms with E-state index in [9.17, 15) is 9.18 Å². The predicted molar refractivity (Wildman–Crippen MR) is 34.6 cm³/mol. The van der Waals surface area contributed by atoms with Crippen molar-refractivity contribution in [2.45, 2.75) is 12.8 Å². The largest absolute Gasteiger partial charge is 0.481 e. The van der Waals surface area contributed by atoms with Gasteiger partial charge in [-0.15, -0.1) is 0 Å². The quantitative estimate of drug-likeness (QED) is 0.723. The van der Waals surface area contributed by atoms with Crippen molar-refractivity contribution in [2.75, 3.05) is 0 Å². The number of hydrogen-bond acceptors (Lipinski definition) is 2. The molecule has 0 aliphatic carbocycles. The van der Waals surface area contributed by atoms with E-state index in [2.05, 4.69) is 4.42 Å². The Labute approximate surface area is 62.4 Å². The molecule has 1 aromatic heterocycles. The highest BCUT2D eigenvalue weighted by Gasteiger charge is 2.03. The molecule has 0 unspecified atom stereocenters. The molecule has 0 fully saturated rings. The van der Waals surface area contributed by atoms with E-state index in [1.807, 2.05) is 0 Å². The molecule has 0 aliphatic heterocycles. The van der Waals surface area contributed by atoms with E-state index in [0.717, 1.165) is 6.07 Å².